The Kier molecular flexibility index (Phi) is 3.25. The number of nitrogens with zero attached hydrogens (tertiary/aromatic N) is 3. The SMILES string of the molecule is CCc1cc(Cl)n2nc(C3CCCCC3)nc2c1. The Balaban J connectivity index is 2.01. The molecule has 1 fully saturated rings. The molecule has 2 heterocycles. The highest BCUT2D eigenvalue weighted by molar-refractivity contribution is 6.29. The molecule has 0 unspecified atom stereocenters. The molecule has 1 aliphatic rings. The van der Waals surface area contributed by atoms with Crippen LogP contribution in [0.3, 0.4) is 0 Å². The summed E-state index contributed by atoms with van der Waals surface area (Å²) < 4.78 is 1.77. The monoisotopic (exact) mass is 263 g/mol. The van der Waals surface area contributed by atoms with Crippen LogP contribution in [-0.2, 0) is 6.42 Å². The summed E-state index contributed by atoms with van der Waals surface area (Å²) in [6.45, 7) is 2.13. The summed E-state index contributed by atoms with van der Waals surface area (Å²) in [7, 11) is 0. The Morgan fingerprint density at radius 1 is 1.28 bits per heavy atom. The van der Waals surface area contributed by atoms with Crippen molar-refractivity contribution in [2.75, 3.05) is 0 Å². The first kappa shape index (κ1) is 12.0. The summed E-state index contributed by atoms with van der Waals surface area (Å²) in [5.41, 5.74) is 2.11. The molecule has 0 radical (unpaired) electrons. The third-order valence-electron chi connectivity index (χ3n) is 3.85. The maximum Gasteiger partial charge on any atom is 0.157 e. The molecule has 0 bridgehead atoms. The van der Waals surface area contributed by atoms with Gasteiger partial charge in [0.2, 0.25) is 0 Å². The molecule has 2 aromatic rings. The quantitative estimate of drug-likeness (QED) is 0.767. The van der Waals surface area contributed by atoms with Gasteiger partial charge in [-0.15, -0.1) is 5.10 Å². The minimum absolute atomic E-state index is 0.528. The lowest BCUT2D eigenvalue weighted by molar-refractivity contribution is 0.429. The Morgan fingerprint density at radius 3 is 2.78 bits per heavy atom. The van der Waals surface area contributed by atoms with E-state index in [4.69, 9.17) is 11.6 Å². The molecule has 0 saturated heterocycles. The first-order valence-electron chi connectivity index (χ1n) is 6.83. The van der Waals surface area contributed by atoms with E-state index in [1.54, 1.807) is 4.52 Å². The third kappa shape index (κ3) is 2.12. The number of halogens is 1. The number of fused-ring (bicyclic) bond motifs is 1. The molecule has 2 aromatic heterocycles. The second-order valence-corrected chi connectivity index (χ2v) is 5.50. The van der Waals surface area contributed by atoms with Crippen LogP contribution < -0.4 is 0 Å². The van der Waals surface area contributed by atoms with E-state index in [1.165, 1.54) is 37.7 Å². The van der Waals surface area contributed by atoms with Crippen molar-refractivity contribution in [3.05, 3.63) is 28.7 Å². The van der Waals surface area contributed by atoms with Gasteiger partial charge in [0.25, 0.3) is 0 Å². The largest absolute Gasteiger partial charge is 0.212 e. The molecule has 0 aliphatic heterocycles. The second-order valence-electron chi connectivity index (χ2n) is 5.11. The molecule has 0 N–H and O–H groups in total. The van der Waals surface area contributed by atoms with Gasteiger partial charge in [-0.3, -0.25) is 0 Å². The Labute approximate surface area is 112 Å². The third-order valence-corrected chi connectivity index (χ3v) is 4.12. The minimum Gasteiger partial charge on any atom is -0.212 e. The van der Waals surface area contributed by atoms with Crippen molar-refractivity contribution in [2.45, 2.75) is 51.4 Å². The van der Waals surface area contributed by atoms with Crippen LogP contribution in [0.2, 0.25) is 5.15 Å². The molecule has 3 rings (SSSR count). The predicted molar refractivity (Wildman–Crippen MR) is 73.2 cm³/mol. The van der Waals surface area contributed by atoms with E-state index < -0.39 is 0 Å². The van der Waals surface area contributed by atoms with Crippen molar-refractivity contribution < 1.29 is 0 Å². The Morgan fingerprint density at radius 2 is 2.06 bits per heavy atom. The van der Waals surface area contributed by atoms with E-state index in [1.807, 2.05) is 6.07 Å². The summed E-state index contributed by atoms with van der Waals surface area (Å²) in [5, 5.41) is 5.25. The van der Waals surface area contributed by atoms with Gasteiger partial charge < -0.3 is 0 Å². The fourth-order valence-electron chi connectivity index (χ4n) is 2.75. The smallest absolute Gasteiger partial charge is 0.157 e. The van der Waals surface area contributed by atoms with Crippen molar-refractivity contribution in [1.82, 2.24) is 14.6 Å². The number of aryl methyl sites for hydroxylation is 1. The van der Waals surface area contributed by atoms with E-state index in [0.29, 0.717) is 11.1 Å². The number of pyridine rings is 1. The van der Waals surface area contributed by atoms with Crippen LogP contribution in [0.5, 0.6) is 0 Å². The van der Waals surface area contributed by atoms with Gasteiger partial charge in [-0.2, -0.15) is 0 Å². The molecular formula is C14H18ClN3. The molecule has 0 amide bonds. The van der Waals surface area contributed by atoms with E-state index in [9.17, 15) is 0 Å². The van der Waals surface area contributed by atoms with E-state index in [2.05, 4.69) is 23.1 Å². The lowest BCUT2D eigenvalue weighted by atomic mass is 9.89. The van der Waals surface area contributed by atoms with Gasteiger partial charge in [-0.1, -0.05) is 37.8 Å². The summed E-state index contributed by atoms with van der Waals surface area (Å²) in [4.78, 5) is 4.67. The van der Waals surface area contributed by atoms with Crippen molar-refractivity contribution in [3.8, 4) is 0 Å². The van der Waals surface area contributed by atoms with Crippen LogP contribution in [0.1, 0.15) is 56.3 Å². The lowest BCUT2D eigenvalue weighted by Crippen LogP contribution is -2.06. The van der Waals surface area contributed by atoms with Crippen LogP contribution in [0.25, 0.3) is 5.65 Å². The number of aromatic nitrogens is 3. The number of hydrogen-bond donors (Lipinski definition) is 0. The summed E-state index contributed by atoms with van der Waals surface area (Å²) in [6, 6.07) is 4.07. The molecule has 0 atom stereocenters. The fourth-order valence-corrected chi connectivity index (χ4v) is 3.02. The van der Waals surface area contributed by atoms with Crippen LogP contribution in [0, 0.1) is 0 Å². The Hall–Kier alpha value is -1.09. The molecule has 18 heavy (non-hydrogen) atoms. The van der Waals surface area contributed by atoms with Gasteiger partial charge in [0.15, 0.2) is 11.5 Å². The highest BCUT2D eigenvalue weighted by Gasteiger charge is 2.20. The molecule has 0 aromatic carbocycles. The zero-order valence-electron chi connectivity index (χ0n) is 10.7. The van der Waals surface area contributed by atoms with Gasteiger partial charge >= 0.3 is 0 Å². The van der Waals surface area contributed by atoms with Crippen LogP contribution >= 0.6 is 11.6 Å². The molecule has 1 aliphatic carbocycles. The van der Waals surface area contributed by atoms with Gasteiger partial charge in [-0.25, -0.2) is 9.50 Å². The minimum atomic E-state index is 0.528. The van der Waals surface area contributed by atoms with Crippen LogP contribution in [0.4, 0.5) is 0 Å². The van der Waals surface area contributed by atoms with Gasteiger partial charge in [-0.05, 0) is 37.0 Å². The van der Waals surface area contributed by atoms with E-state index in [-0.39, 0.29) is 0 Å². The van der Waals surface area contributed by atoms with Gasteiger partial charge in [0.05, 0.1) is 0 Å². The fraction of sp³-hybridized carbons (Fsp3) is 0.571. The van der Waals surface area contributed by atoms with Crippen molar-refractivity contribution in [2.24, 2.45) is 0 Å². The van der Waals surface area contributed by atoms with Gasteiger partial charge in [0.1, 0.15) is 5.15 Å². The molecule has 0 spiro atoms. The van der Waals surface area contributed by atoms with Gasteiger partial charge in [0, 0.05) is 5.92 Å². The zero-order valence-corrected chi connectivity index (χ0v) is 11.5. The van der Waals surface area contributed by atoms with Crippen LogP contribution in [0.15, 0.2) is 12.1 Å². The predicted octanol–water partition coefficient (Wildman–Crippen LogP) is 3.99. The molecular weight excluding hydrogens is 246 g/mol. The van der Waals surface area contributed by atoms with E-state index in [0.717, 1.165) is 17.9 Å². The highest BCUT2D eigenvalue weighted by Crippen LogP contribution is 2.31. The molecule has 3 nitrogen and oxygen atoms in total. The average Bonchev–Trinajstić information content (AvgIpc) is 2.84. The summed E-state index contributed by atoms with van der Waals surface area (Å²) in [6.07, 6.45) is 7.36. The topological polar surface area (TPSA) is 30.2 Å². The van der Waals surface area contributed by atoms with Crippen molar-refractivity contribution >= 4 is 17.2 Å². The average molecular weight is 264 g/mol. The van der Waals surface area contributed by atoms with Crippen molar-refractivity contribution in [1.29, 1.82) is 0 Å². The second kappa shape index (κ2) is 4.88. The van der Waals surface area contributed by atoms with E-state index >= 15 is 0 Å². The lowest BCUT2D eigenvalue weighted by Gasteiger charge is -2.17. The zero-order chi connectivity index (χ0) is 12.5. The maximum absolute atomic E-state index is 6.25. The maximum atomic E-state index is 6.25. The first-order chi connectivity index (χ1) is 8.78. The number of hydrogen-bond acceptors (Lipinski definition) is 2. The first-order valence-corrected chi connectivity index (χ1v) is 7.21. The molecule has 4 heteroatoms. The standard InChI is InChI=1S/C14H18ClN3/c1-2-10-8-12(15)18-13(9-10)16-14(17-18)11-6-4-3-5-7-11/h8-9,11H,2-7H2,1H3. The van der Waals surface area contributed by atoms with Crippen molar-refractivity contribution in [3.63, 3.8) is 0 Å². The Bertz CT molecular complexity index is 555. The summed E-state index contributed by atoms with van der Waals surface area (Å²) >= 11 is 6.25. The van der Waals surface area contributed by atoms with Crippen LogP contribution in [-0.4, -0.2) is 14.6 Å². The number of rotatable bonds is 2. The molecule has 1 saturated carbocycles. The molecule has 96 valence electrons. The normalized spacial score (nSPS) is 17.4. The highest BCUT2D eigenvalue weighted by atomic mass is 35.5. The summed E-state index contributed by atoms with van der Waals surface area (Å²) in [5.74, 6) is 1.50.